The van der Waals surface area contributed by atoms with Crippen LogP contribution in [0.15, 0.2) is 24.5 Å². The molecule has 1 aliphatic carbocycles. The summed E-state index contributed by atoms with van der Waals surface area (Å²) in [5.41, 5.74) is 3.01. The van der Waals surface area contributed by atoms with Crippen LogP contribution in [0, 0.1) is 5.92 Å². The second-order valence-corrected chi connectivity index (χ2v) is 10.7. The molecule has 1 aliphatic heterocycles. The summed E-state index contributed by atoms with van der Waals surface area (Å²) in [7, 11) is 0. The lowest BCUT2D eigenvalue weighted by atomic mass is 9.76. The second kappa shape index (κ2) is 10.9. The van der Waals surface area contributed by atoms with Crippen molar-refractivity contribution in [3.8, 4) is 5.88 Å². The molecule has 9 nitrogen and oxygen atoms in total. The molecular weight excluding hydrogens is 446 g/mol. The molecule has 0 saturated heterocycles. The average Bonchev–Trinajstić information content (AvgIpc) is 2.80. The summed E-state index contributed by atoms with van der Waals surface area (Å²) in [6.07, 6.45) is 7.31. The van der Waals surface area contributed by atoms with Crippen molar-refractivity contribution in [3.05, 3.63) is 41.5 Å². The van der Waals surface area contributed by atoms with Crippen LogP contribution < -0.4 is 10.2 Å². The monoisotopic (exact) mass is 483 g/mol. The molecule has 9 heteroatoms. The van der Waals surface area contributed by atoms with Gasteiger partial charge in [-0.2, -0.15) is 0 Å². The van der Waals surface area contributed by atoms with Crippen LogP contribution in [0.3, 0.4) is 0 Å². The predicted octanol–water partition coefficient (Wildman–Crippen LogP) is 3.37. The van der Waals surface area contributed by atoms with Crippen LogP contribution in [0.5, 0.6) is 5.88 Å². The van der Waals surface area contributed by atoms with Crippen molar-refractivity contribution in [2.24, 2.45) is 5.92 Å². The minimum atomic E-state index is -1.02. The van der Waals surface area contributed by atoms with Gasteiger partial charge in [0.15, 0.2) is 0 Å². The Morgan fingerprint density at radius 1 is 1.29 bits per heavy atom. The first-order valence-corrected chi connectivity index (χ1v) is 12.6. The fraction of sp³-hybridized carbons (Fsp3) is 0.615. The maximum atomic E-state index is 12.0. The zero-order valence-electron chi connectivity index (χ0n) is 20.9. The highest BCUT2D eigenvalue weighted by atomic mass is 16.7. The lowest BCUT2D eigenvalue weighted by Gasteiger charge is -2.43. The molecule has 1 saturated carbocycles. The van der Waals surface area contributed by atoms with Crippen molar-refractivity contribution >= 4 is 11.8 Å². The lowest BCUT2D eigenvalue weighted by Crippen LogP contribution is -2.54. The van der Waals surface area contributed by atoms with E-state index in [4.69, 9.17) is 9.82 Å². The molecule has 190 valence electrons. The van der Waals surface area contributed by atoms with E-state index in [1.807, 2.05) is 20.8 Å². The largest absolute Gasteiger partial charge is 0.480 e. The van der Waals surface area contributed by atoms with Crippen LogP contribution in [-0.2, 0) is 23.1 Å². The predicted molar refractivity (Wildman–Crippen MR) is 132 cm³/mol. The molecule has 0 spiro atoms. The zero-order valence-corrected chi connectivity index (χ0v) is 20.9. The molecule has 0 aromatic carbocycles. The van der Waals surface area contributed by atoms with Crippen LogP contribution in [0.2, 0.25) is 0 Å². The molecule has 0 unspecified atom stereocenters. The van der Waals surface area contributed by atoms with Gasteiger partial charge in [0, 0.05) is 36.4 Å². The van der Waals surface area contributed by atoms with Gasteiger partial charge in [0.1, 0.15) is 18.2 Å². The Morgan fingerprint density at radius 2 is 2.09 bits per heavy atom. The molecule has 3 N–H and O–H groups in total. The number of anilines is 1. The number of hydrogen-bond donors (Lipinski definition) is 3. The first-order chi connectivity index (χ1) is 16.7. The number of pyridine rings is 1. The molecule has 0 amide bonds. The summed E-state index contributed by atoms with van der Waals surface area (Å²) in [6, 6.07) is 5.06. The van der Waals surface area contributed by atoms with E-state index < -0.39 is 12.0 Å². The molecular formula is C26H37N5O4. The van der Waals surface area contributed by atoms with Gasteiger partial charge in [0.25, 0.3) is 0 Å². The normalized spacial score (nSPS) is 20.5. The molecule has 2 aliphatic rings. The summed E-state index contributed by atoms with van der Waals surface area (Å²) in [4.78, 5) is 31.4. The second-order valence-electron chi connectivity index (χ2n) is 10.7. The third-order valence-corrected chi connectivity index (χ3v) is 6.94. The van der Waals surface area contributed by atoms with Crippen LogP contribution in [0.1, 0.15) is 69.8 Å². The van der Waals surface area contributed by atoms with Gasteiger partial charge in [0.2, 0.25) is 5.88 Å². The topological polar surface area (TPSA) is 121 Å². The van der Waals surface area contributed by atoms with E-state index in [1.54, 1.807) is 6.07 Å². The molecule has 3 heterocycles. The molecule has 1 atom stereocenters. The van der Waals surface area contributed by atoms with E-state index in [-0.39, 0.29) is 24.5 Å². The van der Waals surface area contributed by atoms with Gasteiger partial charge in [0.05, 0.1) is 5.69 Å². The van der Waals surface area contributed by atoms with Crippen LogP contribution >= 0.6 is 0 Å². The summed E-state index contributed by atoms with van der Waals surface area (Å²) < 4.78 is 0. The number of hydrogen-bond acceptors (Lipinski definition) is 8. The minimum Gasteiger partial charge on any atom is -0.480 e. The fourth-order valence-electron chi connectivity index (χ4n) is 4.79. The number of nitrogens with zero attached hydrogens (tertiary/aromatic N) is 4. The van der Waals surface area contributed by atoms with Gasteiger partial charge in [-0.3, -0.25) is 4.79 Å². The molecule has 2 aromatic heterocycles. The highest BCUT2D eigenvalue weighted by Gasteiger charge is 2.41. The first kappa shape index (κ1) is 25.3. The van der Waals surface area contributed by atoms with E-state index >= 15 is 0 Å². The summed E-state index contributed by atoms with van der Waals surface area (Å²) in [5.74, 6) is 0.797. The number of carboxylic acid groups (broad SMARTS) is 1. The number of aromatic nitrogens is 3. The average molecular weight is 484 g/mol. The van der Waals surface area contributed by atoms with Crippen molar-refractivity contribution in [2.45, 2.75) is 83.2 Å². The van der Waals surface area contributed by atoms with Crippen molar-refractivity contribution in [3.63, 3.8) is 0 Å². The first-order valence-electron chi connectivity index (χ1n) is 12.6. The molecule has 2 aromatic rings. The third kappa shape index (κ3) is 6.27. The van der Waals surface area contributed by atoms with Gasteiger partial charge in [-0.1, -0.05) is 26.8 Å². The van der Waals surface area contributed by atoms with E-state index in [0.29, 0.717) is 11.8 Å². The van der Waals surface area contributed by atoms with Crippen molar-refractivity contribution < 1.29 is 19.8 Å². The van der Waals surface area contributed by atoms with Crippen molar-refractivity contribution in [2.75, 3.05) is 18.5 Å². The van der Waals surface area contributed by atoms with Gasteiger partial charge >= 0.3 is 5.97 Å². The number of aliphatic hydroxyl groups is 1. The van der Waals surface area contributed by atoms with E-state index in [0.717, 1.165) is 62.3 Å². The highest BCUT2D eigenvalue weighted by Crippen LogP contribution is 2.37. The number of aliphatic carboxylic acids is 1. The van der Waals surface area contributed by atoms with Crippen LogP contribution in [-0.4, -0.2) is 61.4 Å². The van der Waals surface area contributed by atoms with Crippen LogP contribution in [0.4, 0.5) is 5.82 Å². The maximum absolute atomic E-state index is 12.0. The number of aliphatic hydroxyl groups excluding tert-OH is 1. The van der Waals surface area contributed by atoms with E-state index in [2.05, 4.69) is 27.4 Å². The van der Waals surface area contributed by atoms with Gasteiger partial charge < -0.3 is 20.4 Å². The molecule has 0 radical (unpaired) electrons. The summed E-state index contributed by atoms with van der Waals surface area (Å²) >= 11 is 0. The number of carbonyl (C=O) groups is 1. The van der Waals surface area contributed by atoms with E-state index in [9.17, 15) is 15.0 Å². The number of rotatable bonds is 10. The van der Waals surface area contributed by atoms with Gasteiger partial charge in [-0.25, -0.2) is 15.0 Å². The fourth-order valence-corrected chi connectivity index (χ4v) is 4.79. The van der Waals surface area contributed by atoms with Gasteiger partial charge in [-0.15, -0.1) is 5.06 Å². The lowest BCUT2D eigenvalue weighted by molar-refractivity contribution is -0.188. The number of aryl methyl sites for hydroxylation is 2. The molecule has 1 fully saturated rings. The zero-order chi connectivity index (χ0) is 25.0. The molecule has 4 rings (SSSR count). The highest BCUT2D eigenvalue weighted by molar-refractivity contribution is 5.73. The quantitative estimate of drug-likeness (QED) is 0.437. The number of fused-ring (bicyclic) bond motifs is 1. The smallest absolute Gasteiger partial charge is 0.324 e. The summed E-state index contributed by atoms with van der Waals surface area (Å²) in [5, 5.41) is 24.3. The van der Waals surface area contributed by atoms with Crippen LogP contribution in [0.25, 0.3) is 0 Å². The number of carboxylic acids is 1. The van der Waals surface area contributed by atoms with Crippen molar-refractivity contribution in [1.29, 1.82) is 0 Å². The Morgan fingerprint density at radius 3 is 2.80 bits per heavy atom. The molecule has 0 bridgehead atoms. The van der Waals surface area contributed by atoms with Crippen molar-refractivity contribution in [1.82, 2.24) is 20.0 Å². The summed E-state index contributed by atoms with van der Waals surface area (Å²) in [6.45, 7) is 6.89. The molecule has 35 heavy (non-hydrogen) atoms. The number of hydroxylamine groups is 2. The van der Waals surface area contributed by atoms with E-state index in [1.165, 1.54) is 17.0 Å². The Balaban J connectivity index is 1.40. The standard InChI is InChI=1S/C26H37N5O4/c1-26(2,3)22-15-23(29-16-28-22)35-31(21(10-12-32)25(33)34)20-13-17(14-20)6-8-19-9-7-18-5-4-11-27-24(18)30-19/h7,9,15-17,20-21,32H,4-6,8,10-14H2,1-3H3,(H,27,30)(H,33,34)/t17?,20?,21-/m0/s1. The third-order valence-electron chi connectivity index (χ3n) is 6.94. The maximum Gasteiger partial charge on any atom is 0.324 e. The SMILES string of the molecule is CC(C)(C)c1cc(ON(C2CC(CCc3ccc4c(n3)NCCC4)C2)[C@@H](CCO)C(=O)O)ncn1. The van der Waals surface area contributed by atoms with Gasteiger partial charge in [-0.05, 0) is 62.5 Å². The Bertz CT molecular complexity index is 1020. The minimum absolute atomic E-state index is 0.0566. The number of nitrogens with one attached hydrogen (secondary N) is 1. The Kier molecular flexibility index (Phi) is 7.86. The Hall–Kier alpha value is -2.78. The Labute approximate surface area is 206 Å².